The molecule has 0 saturated carbocycles. The Morgan fingerprint density at radius 2 is 1.90 bits per heavy atom. The Balaban J connectivity index is 1.99. The van der Waals surface area contributed by atoms with E-state index in [9.17, 15) is 4.79 Å². The molecule has 0 saturated heterocycles. The highest BCUT2D eigenvalue weighted by Crippen LogP contribution is 2.30. The smallest absolute Gasteiger partial charge is 0.237 e. The van der Waals surface area contributed by atoms with Crippen LogP contribution in [0.2, 0.25) is 0 Å². The maximum Gasteiger partial charge on any atom is 0.237 e. The van der Waals surface area contributed by atoms with Crippen molar-refractivity contribution in [3.05, 3.63) is 58.6 Å². The molecule has 106 valence electrons. The van der Waals surface area contributed by atoms with Crippen LogP contribution in [0.15, 0.2) is 57.9 Å². The Morgan fingerprint density at radius 3 is 2.52 bits per heavy atom. The summed E-state index contributed by atoms with van der Waals surface area (Å²) in [6.45, 7) is 1.86. The summed E-state index contributed by atoms with van der Waals surface area (Å²) in [6, 6.07) is 16.7. The van der Waals surface area contributed by atoms with Crippen LogP contribution < -0.4 is 5.32 Å². The van der Waals surface area contributed by atoms with Gasteiger partial charge in [0.05, 0.1) is 16.9 Å². The number of nitriles is 1. The fourth-order valence-electron chi connectivity index (χ4n) is 1.66. The van der Waals surface area contributed by atoms with Gasteiger partial charge in [-0.25, -0.2) is 0 Å². The van der Waals surface area contributed by atoms with Gasteiger partial charge in [0.15, 0.2) is 0 Å². The fourth-order valence-corrected chi connectivity index (χ4v) is 3.11. The Hall–Kier alpha value is -1.77. The molecule has 0 aliphatic heterocycles. The van der Waals surface area contributed by atoms with E-state index in [1.165, 1.54) is 11.8 Å². The normalized spacial score (nSPS) is 11.5. The highest BCUT2D eigenvalue weighted by Gasteiger charge is 2.15. The van der Waals surface area contributed by atoms with E-state index in [4.69, 9.17) is 5.26 Å². The second kappa shape index (κ2) is 7.30. The number of nitrogens with zero attached hydrogens (tertiary/aromatic N) is 1. The number of carbonyl (C=O) groups is 1. The molecule has 1 N–H and O–H groups in total. The van der Waals surface area contributed by atoms with E-state index in [0.29, 0.717) is 11.3 Å². The zero-order chi connectivity index (χ0) is 15.2. The molecule has 0 spiro atoms. The van der Waals surface area contributed by atoms with Crippen LogP contribution in [0.3, 0.4) is 0 Å². The number of amides is 1. The minimum absolute atomic E-state index is 0.0690. The van der Waals surface area contributed by atoms with Crippen molar-refractivity contribution < 1.29 is 4.79 Å². The molecule has 0 aromatic heterocycles. The monoisotopic (exact) mass is 360 g/mol. The maximum atomic E-state index is 12.2. The average molecular weight is 361 g/mol. The summed E-state index contributed by atoms with van der Waals surface area (Å²) in [5.41, 5.74) is 1.27. The van der Waals surface area contributed by atoms with Gasteiger partial charge in [-0.15, -0.1) is 11.8 Å². The van der Waals surface area contributed by atoms with Gasteiger partial charge in [0.25, 0.3) is 0 Å². The van der Waals surface area contributed by atoms with Crippen LogP contribution in [0, 0.1) is 11.3 Å². The molecule has 0 fully saturated rings. The van der Waals surface area contributed by atoms with E-state index in [2.05, 4.69) is 21.2 Å². The van der Waals surface area contributed by atoms with Crippen LogP contribution in [0.4, 0.5) is 5.69 Å². The molecule has 2 aromatic rings. The molecular weight excluding hydrogens is 348 g/mol. The standard InChI is InChI=1S/C16H13BrN2OS/c1-11(21-15-5-3-2-4-14(15)17)16(20)19-13-8-6-12(10-18)7-9-13/h2-9,11H,1H3,(H,19,20). The predicted molar refractivity (Wildman–Crippen MR) is 89.2 cm³/mol. The van der Waals surface area contributed by atoms with Gasteiger partial charge in [-0.1, -0.05) is 12.1 Å². The number of halogens is 1. The first-order valence-electron chi connectivity index (χ1n) is 6.32. The van der Waals surface area contributed by atoms with Crippen molar-refractivity contribution in [2.24, 2.45) is 0 Å². The fraction of sp³-hybridized carbons (Fsp3) is 0.125. The third-order valence-corrected chi connectivity index (χ3v) is 4.92. The zero-order valence-corrected chi connectivity index (χ0v) is 13.7. The molecular formula is C16H13BrN2OS. The number of rotatable bonds is 4. The number of carbonyl (C=O) groups excluding carboxylic acids is 1. The maximum absolute atomic E-state index is 12.2. The van der Waals surface area contributed by atoms with Crippen LogP contribution >= 0.6 is 27.7 Å². The average Bonchev–Trinajstić information content (AvgIpc) is 2.50. The molecule has 0 aliphatic rings. The third kappa shape index (κ3) is 4.35. The molecule has 0 aliphatic carbocycles. The third-order valence-electron chi connectivity index (χ3n) is 2.79. The molecule has 5 heteroatoms. The van der Waals surface area contributed by atoms with Gasteiger partial charge in [-0.05, 0) is 59.3 Å². The van der Waals surface area contributed by atoms with Gasteiger partial charge in [-0.2, -0.15) is 5.26 Å². The minimum Gasteiger partial charge on any atom is -0.325 e. The first-order valence-corrected chi connectivity index (χ1v) is 7.99. The van der Waals surface area contributed by atoms with Crippen molar-refractivity contribution in [1.82, 2.24) is 0 Å². The Labute approximate surface area is 136 Å². The minimum atomic E-state index is -0.223. The van der Waals surface area contributed by atoms with E-state index < -0.39 is 0 Å². The summed E-state index contributed by atoms with van der Waals surface area (Å²) in [5, 5.41) is 11.4. The Kier molecular flexibility index (Phi) is 5.43. The van der Waals surface area contributed by atoms with Crippen molar-refractivity contribution in [2.45, 2.75) is 17.1 Å². The second-order valence-electron chi connectivity index (χ2n) is 4.37. The summed E-state index contributed by atoms with van der Waals surface area (Å²) >= 11 is 4.97. The zero-order valence-electron chi connectivity index (χ0n) is 11.3. The Morgan fingerprint density at radius 1 is 1.24 bits per heavy atom. The molecule has 21 heavy (non-hydrogen) atoms. The second-order valence-corrected chi connectivity index (χ2v) is 6.61. The number of hydrogen-bond acceptors (Lipinski definition) is 3. The molecule has 0 heterocycles. The first kappa shape index (κ1) is 15.6. The van der Waals surface area contributed by atoms with Gasteiger partial charge in [0, 0.05) is 15.1 Å². The highest BCUT2D eigenvalue weighted by atomic mass is 79.9. The van der Waals surface area contributed by atoms with Crippen LogP contribution in [-0.4, -0.2) is 11.2 Å². The lowest BCUT2D eigenvalue weighted by Gasteiger charge is -2.13. The van der Waals surface area contributed by atoms with E-state index in [1.807, 2.05) is 37.3 Å². The number of nitrogens with one attached hydrogen (secondary N) is 1. The predicted octanol–water partition coefficient (Wildman–Crippen LogP) is 4.44. The largest absolute Gasteiger partial charge is 0.325 e. The molecule has 1 unspecified atom stereocenters. The Bertz CT molecular complexity index is 679. The van der Waals surface area contributed by atoms with Crippen molar-refractivity contribution in [1.29, 1.82) is 5.26 Å². The quantitative estimate of drug-likeness (QED) is 0.819. The lowest BCUT2D eigenvalue weighted by molar-refractivity contribution is -0.115. The van der Waals surface area contributed by atoms with Crippen LogP contribution in [0.1, 0.15) is 12.5 Å². The summed E-state index contributed by atoms with van der Waals surface area (Å²) in [5.74, 6) is -0.0690. The van der Waals surface area contributed by atoms with E-state index in [-0.39, 0.29) is 11.2 Å². The van der Waals surface area contributed by atoms with Crippen molar-refractivity contribution >= 4 is 39.3 Å². The van der Waals surface area contributed by atoms with Crippen LogP contribution in [0.5, 0.6) is 0 Å². The number of hydrogen-bond donors (Lipinski definition) is 1. The molecule has 1 amide bonds. The topological polar surface area (TPSA) is 52.9 Å². The van der Waals surface area contributed by atoms with Gasteiger partial charge < -0.3 is 5.32 Å². The molecule has 0 radical (unpaired) electrons. The lowest BCUT2D eigenvalue weighted by Crippen LogP contribution is -2.22. The van der Waals surface area contributed by atoms with Gasteiger partial charge >= 0.3 is 0 Å². The van der Waals surface area contributed by atoms with Gasteiger partial charge in [0.1, 0.15) is 0 Å². The van der Waals surface area contributed by atoms with Crippen molar-refractivity contribution in [2.75, 3.05) is 5.32 Å². The molecule has 2 rings (SSSR count). The van der Waals surface area contributed by atoms with Gasteiger partial charge in [0.2, 0.25) is 5.91 Å². The molecule has 3 nitrogen and oxygen atoms in total. The summed E-state index contributed by atoms with van der Waals surface area (Å²) < 4.78 is 0.980. The number of anilines is 1. The first-order chi connectivity index (χ1) is 10.1. The lowest BCUT2D eigenvalue weighted by atomic mass is 10.2. The van der Waals surface area contributed by atoms with Crippen LogP contribution in [-0.2, 0) is 4.79 Å². The SMILES string of the molecule is CC(Sc1ccccc1Br)C(=O)Nc1ccc(C#N)cc1. The summed E-state index contributed by atoms with van der Waals surface area (Å²) in [4.78, 5) is 13.2. The summed E-state index contributed by atoms with van der Waals surface area (Å²) in [6.07, 6.45) is 0. The van der Waals surface area contributed by atoms with E-state index in [0.717, 1.165) is 9.37 Å². The van der Waals surface area contributed by atoms with E-state index in [1.54, 1.807) is 24.3 Å². The van der Waals surface area contributed by atoms with Crippen LogP contribution in [0.25, 0.3) is 0 Å². The molecule has 0 bridgehead atoms. The van der Waals surface area contributed by atoms with E-state index >= 15 is 0 Å². The number of benzene rings is 2. The van der Waals surface area contributed by atoms with Crippen molar-refractivity contribution in [3.8, 4) is 6.07 Å². The highest BCUT2D eigenvalue weighted by molar-refractivity contribution is 9.10. The van der Waals surface area contributed by atoms with Crippen molar-refractivity contribution in [3.63, 3.8) is 0 Å². The summed E-state index contributed by atoms with van der Waals surface area (Å²) in [7, 11) is 0. The van der Waals surface area contributed by atoms with Gasteiger partial charge in [-0.3, -0.25) is 4.79 Å². The molecule has 2 aromatic carbocycles. The molecule has 1 atom stereocenters. The number of thioether (sulfide) groups is 1.